The second-order valence-corrected chi connectivity index (χ2v) is 6.13. The number of nitrogens with one attached hydrogen (secondary N) is 1. The molecule has 0 saturated carbocycles. The molecule has 20 heavy (non-hydrogen) atoms. The number of aliphatic carboxylic acids is 1. The van der Waals surface area contributed by atoms with Crippen LogP contribution in [0.4, 0.5) is 0 Å². The molecule has 3 rings (SSSR count). The van der Waals surface area contributed by atoms with Crippen LogP contribution in [0.2, 0.25) is 0 Å². The number of para-hydroxylation sites is 1. The Kier molecular flexibility index (Phi) is 3.18. The predicted molar refractivity (Wildman–Crippen MR) is 86.5 cm³/mol. The Morgan fingerprint density at radius 1 is 1.40 bits per heavy atom. The zero-order valence-corrected chi connectivity index (χ0v) is 12.7. The maximum Gasteiger partial charge on any atom is 0.312 e. The van der Waals surface area contributed by atoms with Crippen molar-refractivity contribution in [3.8, 4) is 0 Å². The molecule has 1 aromatic heterocycles. The maximum atomic E-state index is 11.6. The number of benzene rings is 1. The molecule has 1 aliphatic rings. The summed E-state index contributed by atoms with van der Waals surface area (Å²) in [6.45, 7) is 0. The van der Waals surface area contributed by atoms with E-state index in [0.717, 1.165) is 20.0 Å². The van der Waals surface area contributed by atoms with Crippen LogP contribution in [-0.2, 0) is 10.3 Å². The highest BCUT2D eigenvalue weighted by Crippen LogP contribution is 2.39. The third-order valence-corrected chi connectivity index (χ3v) is 4.40. The summed E-state index contributed by atoms with van der Waals surface area (Å²) >= 11 is 2.11. The number of carboxylic acid groups (broad SMARTS) is 1. The first-order chi connectivity index (χ1) is 9.52. The fourth-order valence-corrected chi connectivity index (χ4v) is 3.18. The van der Waals surface area contributed by atoms with Gasteiger partial charge in [0.15, 0.2) is 0 Å². The standard InChI is InChI=1S/C15H13IN2O2/c16-9-5-6-15(17,11(7-9)14(19)20)12-8-18-13-4-2-1-3-10(12)13/h1-8,11,18H,17H2,(H,19,20). The fraction of sp³-hybridized carbons (Fsp3) is 0.133. The number of carboxylic acids is 1. The Morgan fingerprint density at radius 3 is 2.90 bits per heavy atom. The van der Waals surface area contributed by atoms with Gasteiger partial charge in [0.25, 0.3) is 0 Å². The molecule has 0 radical (unpaired) electrons. The van der Waals surface area contributed by atoms with Gasteiger partial charge >= 0.3 is 5.97 Å². The summed E-state index contributed by atoms with van der Waals surface area (Å²) in [6.07, 6.45) is 7.15. The van der Waals surface area contributed by atoms with Gasteiger partial charge in [0.1, 0.15) is 5.92 Å². The number of aromatic nitrogens is 1. The van der Waals surface area contributed by atoms with E-state index in [9.17, 15) is 9.90 Å². The van der Waals surface area contributed by atoms with Crippen LogP contribution in [0.1, 0.15) is 5.56 Å². The van der Waals surface area contributed by atoms with Crippen molar-refractivity contribution in [1.29, 1.82) is 0 Å². The molecule has 1 aromatic carbocycles. The summed E-state index contributed by atoms with van der Waals surface area (Å²) in [4.78, 5) is 14.7. The molecule has 0 spiro atoms. The molecule has 0 amide bonds. The number of H-pyrrole nitrogens is 1. The second kappa shape index (κ2) is 4.75. The number of allylic oxidation sites excluding steroid dienone is 2. The van der Waals surface area contributed by atoms with Crippen LogP contribution in [0.15, 0.2) is 52.3 Å². The molecule has 5 heteroatoms. The quantitative estimate of drug-likeness (QED) is 0.701. The van der Waals surface area contributed by atoms with E-state index in [1.165, 1.54) is 0 Å². The largest absolute Gasteiger partial charge is 0.481 e. The molecule has 1 aliphatic carbocycles. The monoisotopic (exact) mass is 380 g/mol. The van der Waals surface area contributed by atoms with Gasteiger partial charge in [-0.3, -0.25) is 4.79 Å². The lowest BCUT2D eigenvalue weighted by molar-refractivity contribution is -0.141. The van der Waals surface area contributed by atoms with Crippen LogP contribution in [-0.4, -0.2) is 16.1 Å². The Hall–Kier alpha value is -1.60. The van der Waals surface area contributed by atoms with Crippen molar-refractivity contribution in [1.82, 2.24) is 4.98 Å². The van der Waals surface area contributed by atoms with E-state index in [-0.39, 0.29) is 0 Å². The molecule has 0 bridgehead atoms. The summed E-state index contributed by atoms with van der Waals surface area (Å²) in [5.41, 5.74) is 7.18. The summed E-state index contributed by atoms with van der Waals surface area (Å²) in [5, 5.41) is 10.4. The highest BCUT2D eigenvalue weighted by Gasteiger charge is 2.41. The van der Waals surface area contributed by atoms with Gasteiger partial charge in [-0.1, -0.05) is 36.4 Å². The second-order valence-electron chi connectivity index (χ2n) is 4.88. The molecule has 102 valence electrons. The Labute approximate surface area is 129 Å². The lowest BCUT2D eigenvalue weighted by Gasteiger charge is -2.33. The molecular formula is C15H13IN2O2. The lowest BCUT2D eigenvalue weighted by Crippen LogP contribution is -2.46. The molecule has 2 atom stereocenters. The zero-order chi connectivity index (χ0) is 14.3. The Bertz CT molecular complexity index is 747. The minimum Gasteiger partial charge on any atom is -0.481 e. The highest BCUT2D eigenvalue weighted by molar-refractivity contribution is 14.1. The van der Waals surface area contributed by atoms with Crippen LogP contribution < -0.4 is 5.73 Å². The van der Waals surface area contributed by atoms with E-state index >= 15 is 0 Å². The van der Waals surface area contributed by atoms with Crippen LogP contribution in [0.3, 0.4) is 0 Å². The van der Waals surface area contributed by atoms with Crippen molar-refractivity contribution in [2.45, 2.75) is 5.54 Å². The number of halogens is 1. The minimum absolute atomic E-state index is 0.779. The summed E-state index contributed by atoms with van der Waals surface area (Å²) in [6, 6.07) is 7.75. The third kappa shape index (κ3) is 1.97. The van der Waals surface area contributed by atoms with Crippen molar-refractivity contribution in [3.63, 3.8) is 0 Å². The van der Waals surface area contributed by atoms with Crippen molar-refractivity contribution in [3.05, 3.63) is 57.8 Å². The molecule has 4 nitrogen and oxygen atoms in total. The van der Waals surface area contributed by atoms with Crippen molar-refractivity contribution < 1.29 is 9.90 Å². The van der Waals surface area contributed by atoms with Gasteiger partial charge in [-0.15, -0.1) is 0 Å². The molecule has 0 aliphatic heterocycles. The van der Waals surface area contributed by atoms with E-state index in [1.807, 2.05) is 30.3 Å². The first-order valence-corrected chi connectivity index (χ1v) is 7.25. The Balaban J connectivity index is 2.21. The average Bonchev–Trinajstić information content (AvgIpc) is 2.86. The van der Waals surface area contributed by atoms with Crippen LogP contribution in [0.25, 0.3) is 10.9 Å². The average molecular weight is 380 g/mol. The van der Waals surface area contributed by atoms with E-state index < -0.39 is 17.4 Å². The normalized spacial score (nSPS) is 25.7. The van der Waals surface area contributed by atoms with E-state index in [1.54, 1.807) is 18.3 Å². The van der Waals surface area contributed by atoms with Gasteiger partial charge in [0.05, 0.1) is 5.54 Å². The van der Waals surface area contributed by atoms with E-state index in [0.29, 0.717) is 0 Å². The molecule has 2 unspecified atom stereocenters. The molecule has 4 N–H and O–H groups in total. The summed E-state index contributed by atoms with van der Waals surface area (Å²) in [5.74, 6) is -1.70. The summed E-state index contributed by atoms with van der Waals surface area (Å²) < 4.78 is 0.885. The predicted octanol–water partition coefficient (Wildman–Crippen LogP) is 2.91. The molecular weight excluding hydrogens is 367 g/mol. The van der Waals surface area contributed by atoms with Crippen LogP contribution in [0, 0.1) is 5.92 Å². The number of hydrogen-bond acceptors (Lipinski definition) is 2. The molecule has 0 saturated heterocycles. The number of fused-ring (bicyclic) bond motifs is 1. The first-order valence-electron chi connectivity index (χ1n) is 6.17. The zero-order valence-electron chi connectivity index (χ0n) is 10.5. The van der Waals surface area contributed by atoms with E-state index in [4.69, 9.17) is 5.73 Å². The number of carbonyl (C=O) groups is 1. The number of hydrogen-bond donors (Lipinski definition) is 3. The van der Waals surface area contributed by atoms with Crippen molar-refractivity contribution in [2.75, 3.05) is 0 Å². The maximum absolute atomic E-state index is 11.6. The van der Waals surface area contributed by atoms with Gasteiger partial charge in [0, 0.05) is 26.2 Å². The number of aromatic amines is 1. The van der Waals surface area contributed by atoms with Crippen molar-refractivity contribution in [2.24, 2.45) is 11.7 Å². The first kappa shape index (κ1) is 13.4. The fourth-order valence-electron chi connectivity index (χ4n) is 2.64. The molecule has 0 fully saturated rings. The van der Waals surface area contributed by atoms with E-state index in [2.05, 4.69) is 27.6 Å². The third-order valence-electron chi connectivity index (χ3n) is 3.68. The van der Waals surface area contributed by atoms with Crippen LogP contribution in [0.5, 0.6) is 0 Å². The minimum atomic E-state index is -1.04. The number of nitrogens with two attached hydrogens (primary N) is 1. The van der Waals surface area contributed by atoms with Crippen LogP contribution >= 0.6 is 22.6 Å². The lowest BCUT2D eigenvalue weighted by atomic mass is 9.76. The smallest absolute Gasteiger partial charge is 0.312 e. The topological polar surface area (TPSA) is 79.1 Å². The van der Waals surface area contributed by atoms with Gasteiger partial charge in [-0.05, 0) is 28.7 Å². The van der Waals surface area contributed by atoms with Gasteiger partial charge in [-0.2, -0.15) is 0 Å². The number of rotatable bonds is 2. The highest BCUT2D eigenvalue weighted by atomic mass is 127. The SMILES string of the molecule is NC1(c2c[nH]c3ccccc23)C=CC(I)=CC1C(=O)O. The molecule has 1 heterocycles. The van der Waals surface area contributed by atoms with Gasteiger partial charge in [0.2, 0.25) is 0 Å². The van der Waals surface area contributed by atoms with Gasteiger partial charge < -0.3 is 15.8 Å². The summed E-state index contributed by atoms with van der Waals surface area (Å²) in [7, 11) is 0. The molecule has 2 aromatic rings. The van der Waals surface area contributed by atoms with Crippen molar-refractivity contribution >= 4 is 39.5 Å². The van der Waals surface area contributed by atoms with Gasteiger partial charge in [-0.25, -0.2) is 0 Å². The Morgan fingerprint density at radius 2 is 2.15 bits per heavy atom.